The van der Waals surface area contributed by atoms with Crippen molar-refractivity contribution in [2.75, 3.05) is 30.3 Å². The first-order valence-electron chi connectivity index (χ1n) is 10.7. The van der Waals surface area contributed by atoms with Crippen LogP contribution in [0.5, 0.6) is 0 Å². The predicted octanol–water partition coefficient (Wildman–Crippen LogP) is 3.50. The standard InChI is InChI=1S/C23H30N4O4S/c1-17-14-18(2)16-27(15-17)32(30,31)21-10-8-20(9-11-21)25-22(28)12-13-24-23(29)26-19-6-4-3-5-7-19/h3-11,17-18H,12-16H2,1-2H3,(H,25,28)(H2,24,26,29)/t17-,18-/m1/s1. The summed E-state index contributed by atoms with van der Waals surface area (Å²) in [7, 11) is -3.56. The van der Waals surface area contributed by atoms with Crippen molar-refractivity contribution in [3.05, 3.63) is 54.6 Å². The number of piperidine rings is 1. The van der Waals surface area contributed by atoms with Crippen LogP contribution in [-0.4, -0.2) is 44.3 Å². The summed E-state index contributed by atoms with van der Waals surface area (Å²) in [6, 6.07) is 14.8. The number of urea groups is 1. The number of carbonyl (C=O) groups is 2. The largest absolute Gasteiger partial charge is 0.337 e. The summed E-state index contributed by atoms with van der Waals surface area (Å²) in [4.78, 5) is 24.2. The third-order valence-corrected chi connectivity index (χ3v) is 7.13. The minimum atomic E-state index is -3.56. The lowest BCUT2D eigenvalue weighted by Gasteiger charge is -2.34. The number of nitrogens with zero attached hydrogens (tertiary/aromatic N) is 1. The number of carbonyl (C=O) groups excluding carboxylic acids is 2. The normalized spacial score (nSPS) is 19.2. The van der Waals surface area contributed by atoms with Crippen molar-refractivity contribution in [3.8, 4) is 0 Å². The molecule has 1 aliphatic heterocycles. The number of rotatable bonds is 7. The molecule has 9 heteroatoms. The van der Waals surface area contributed by atoms with Gasteiger partial charge in [-0.1, -0.05) is 32.0 Å². The van der Waals surface area contributed by atoms with Crippen LogP contribution < -0.4 is 16.0 Å². The lowest BCUT2D eigenvalue weighted by molar-refractivity contribution is -0.116. The fourth-order valence-electron chi connectivity index (χ4n) is 3.87. The lowest BCUT2D eigenvalue weighted by Crippen LogP contribution is -2.42. The van der Waals surface area contributed by atoms with Gasteiger partial charge in [-0.15, -0.1) is 0 Å². The molecule has 0 spiro atoms. The van der Waals surface area contributed by atoms with E-state index in [0.717, 1.165) is 6.42 Å². The average Bonchev–Trinajstić information content (AvgIpc) is 2.74. The van der Waals surface area contributed by atoms with Crippen LogP contribution in [-0.2, 0) is 14.8 Å². The molecule has 1 aliphatic rings. The molecule has 3 rings (SSSR count). The quantitative estimate of drug-likeness (QED) is 0.590. The molecule has 172 valence electrons. The molecule has 2 aromatic carbocycles. The highest BCUT2D eigenvalue weighted by atomic mass is 32.2. The first-order chi connectivity index (χ1) is 15.2. The first-order valence-corrected chi connectivity index (χ1v) is 12.2. The number of anilines is 2. The first kappa shape index (κ1) is 23.7. The summed E-state index contributed by atoms with van der Waals surface area (Å²) in [6.07, 6.45) is 1.12. The maximum absolute atomic E-state index is 12.9. The molecule has 0 radical (unpaired) electrons. The van der Waals surface area contributed by atoms with Gasteiger partial charge in [-0.3, -0.25) is 4.79 Å². The highest BCUT2D eigenvalue weighted by Crippen LogP contribution is 2.27. The molecule has 0 saturated carbocycles. The van der Waals surface area contributed by atoms with Gasteiger partial charge in [0, 0.05) is 37.4 Å². The molecule has 3 N–H and O–H groups in total. The van der Waals surface area contributed by atoms with Gasteiger partial charge in [-0.2, -0.15) is 4.31 Å². The Labute approximate surface area is 189 Å². The van der Waals surface area contributed by atoms with Crippen LogP contribution in [0.25, 0.3) is 0 Å². The second-order valence-electron chi connectivity index (χ2n) is 8.34. The van der Waals surface area contributed by atoms with Crippen molar-refractivity contribution >= 4 is 33.3 Å². The van der Waals surface area contributed by atoms with Crippen LogP contribution in [0, 0.1) is 11.8 Å². The summed E-state index contributed by atoms with van der Waals surface area (Å²) in [5.74, 6) is 0.380. The zero-order valence-corrected chi connectivity index (χ0v) is 19.2. The smallest absolute Gasteiger partial charge is 0.319 e. The summed E-state index contributed by atoms with van der Waals surface area (Å²) in [5, 5.41) is 8.02. The monoisotopic (exact) mass is 458 g/mol. The molecule has 2 aromatic rings. The molecule has 32 heavy (non-hydrogen) atoms. The molecule has 1 heterocycles. The van der Waals surface area contributed by atoms with E-state index >= 15 is 0 Å². The van der Waals surface area contributed by atoms with Crippen LogP contribution in [0.4, 0.5) is 16.2 Å². The van der Waals surface area contributed by atoms with Crippen molar-refractivity contribution in [1.29, 1.82) is 0 Å². The molecule has 8 nitrogen and oxygen atoms in total. The Bertz CT molecular complexity index is 1020. The third-order valence-electron chi connectivity index (χ3n) is 5.28. The van der Waals surface area contributed by atoms with E-state index in [0.29, 0.717) is 36.3 Å². The molecule has 2 atom stereocenters. The minimum absolute atomic E-state index is 0.0891. The molecular formula is C23H30N4O4S. The van der Waals surface area contributed by atoms with Gasteiger partial charge in [-0.05, 0) is 54.7 Å². The molecule has 0 aromatic heterocycles. The van der Waals surface area contributed by atoms with E-state index in [1.54, 1.807) is 28.6 Å². The van der Waals surface area contributed by atoms with E-state index in [4.69, 9.17) is 0 Å². The van der Waals surface area contributed by atoms with Crippen LogP contribution in [0.15, 0.2) is 59.5 Å². The highest BCUT2D eigenvalue weighted by Gasteiger charge is 2.31. The predicted molar refractivity (Wildman–Crippen MR) is 125 cm³/mol. The zero-order valence-electron chi connectivity index (χ0n) is 18.4. The lowest BCUT2D eigenvalue weighted by atomic mass is 9.94. The maximum atomic E-state index is 12.9. The summed E-state index contributed by atoms with van der Waals surface area (Å²) in [6.45, 7) is 5.35. The van der Waals surface area contributed by atoms with Gasteiger partial charge >= 0.3 is 6.03 Å². The molecular weight excluding hydrogens is 428 g/mol. The number of para-hydroxylation sites is 1. The topological polar surface area (TPSA) is 108 Å². The van der Waals surface area contributed by atoms with Gasteiger partial charge in [-0.25, -0.2) is 13.2 Å². The van der Waals surface area contributed by atoms with Gasteiger partial charge < -0.3 is 16.0 Å². The van der Waals surface area contributed by atoms with Gasteiger partial charge in [0.2, 0.25) is 15.9 Å². The molecule has 1 fully saturated rings. The van der Waals surface area contributed by atoms with E-state index in [1.807, 2.05) is 18.2 Å². The molecule has 3 amide bonds. The molecule has 1 saturated heterocycles. The van der Waals surface area contributed by atoms with Crippen LogP contribution in [0.2, 0.25) is 0 Å². The Morgan fingerprint density at radius 2 is 1.50 bits per heavy atom. The second-order valence-corrected chi connectivity index (χ2v) is 10.3. The van der Waals surface area contributed by atoms with Gasteiger partial charge in [0.1, 0.15) is 0 Å². The Balaban J connectivity index is 1.47. The van der Waals surface area contributed by atoms with Crippen LogP contribution >= 0.6 is 0 Å². The van der Waals surface area contributed by atoms with E-state index in [2.05, 4.69) is 29.8 Å². The average molecular weight is 459 g/mol. The molecule has 0 bridgehead atoms. The minimum Gasteiger partial charge on any atom is -0.337 e. The van der Waals surface area contributed by atoms with Gasteiger partial charge in [0.05, 0.1) is 4.90 Å². The van der Waals surface area contributed by atoms with E-state index in [9.17, 15) is 18.0 Å². The Morgan fingerprint density at radius 1 is 0.906 bits per heavy atom. The number of sulfonamides is 1. The van der Waals surface area contributed by atoms with Gasteiger partial charge in [0.25, 0.3) is 0 Å². The number of nitrogens with one attached hydrogen (secondary N) is 3. The summed E-state index contributed by atoms with van der Waals surface area (Å²) >= 11 is 0. The van der Waals surface area contributed by atoms with Gasteiger partial charge in [0.15, 0.2) is 0 Å². The third kappa shape index (κ3) is 6.54. The number of hydrogen-bond donors (Lipinski definition) is 3. The number of benzene rings is 2. The van der Waals surface area contributed by atoms with E-state index < -0.39 is 10.0 Å². The van der Waals surface area contributed by atoms with Crippen molar-refractivity contribution in [2.24, 2.45) is 11.8 Å². The van der Waals surface area contributed by atoms with Crippen LogP contribution in [0.3, 0.4) is 0 Å². The maximum Gasteiger partial charge on any atom is 0.319 e. The Kier molecular flexibility index (Phi) is 7.87. The zero-order chi connectivity index (χ0) is 23.1. The van der Waals surface area contributed by atoms with Crippen molar-refractivity contribution in [1.82, 2.24) is 9.62 Å². The van der Waals surface area contributed by atoms with Crippen LogP contribution in [0.1, 0.15) is 26.7 Å². The van der Waals surface area contributed by atoms with E-state index in [1.165, 1.54) is 12.1 Å². The molecule has 0 aliphatic carbocycles. The molecule has 0 unspecified atom stereocenters. The number of amides is 3. The fourth-order valence-corrected chi connectivity index (χ4v) is 5.55. The van der Waals surface area contributed by atoms with Crippen molar-refractivity contribution < 1.29 is 18.0 Å². The summed E-state index contributed by atoms with van der Waals surface area (Å²) < 4.78 is 27.4. The van der Waals surface area contributed by atoms with Crippen molar-refractivity contribution in [3.63, 3.8) is 0 Å². The second kappa shape index (κ2) is 10.6. The van der Waals surface area contributed by atoms with Crippen molar-refractivity contribution in [2.45, 2.75) is 31.6 Å². The fraction of sp³-hybridized carbons (Fsp3) is 0.391. The Hall–Kier alpha value is -2.91. The van der Waals surface area contributed by atoms with E-state index in [-0.39, 0.29) is 29.8 Å². The summed E-state index contributed by atoms with van der Waals surface area (Å²) in [5.41, 5.74) is 1.17. The SMILES string of the molecule is C[C@@H]1C[C@@H](C)CN(S(=O)(=O)c2ccc(NC(=O)CCNC(=O)Nc3ccccc3)cc2)C1. The Morgan fingerprint density at radius 3 is 2.12 bits per heavy atom. The highest BCUT2D eigenvalue weighted by molar-refractivity contribution is 7.89. The number of hydrogen-bond acceptors (Lipinski definition) is 4.